The van der Waals surface area contributed by atoms with Crippen LogP contribution in [0.25, 0.3) is 0 Å². The highest BCUT2D eigenvalue weighted by molar-refractivity contribution is 5.80. The standard InChI is InChI=1S/C74H127NO10/c1-4-7-10-13-16-19-22-25-27-29-31-33-34-35-37-39-41-44-47-50-53-56-59-62-69(79)85-72-71(81)70(80)68(63-76)84-74(72)83-64-65(66(77)60-57-54-51-48-45-42-24-21-18-15-12-9-6-3)75-73(82)67(78)61-58-55-52-49-46-43-40-38-36-32-30-28-26-23-20-17-14-11-8-5-2/h7,10,16-17,19-20,25-28,31,33,35,37,41,44,57,60,65-68,70-72,74,76-78,80-81H,4-6,8-9,11-15,18,21-24,29-30,32,34,36,38-40,42-43,45-56,58-59,61-64H2,1-3H3,(H,75,82)/b10-7-,19-16-,20-17-,27-25-,28-26-,33-31-,37-35-,44-41-,60-57+. The predicted octanol–water partition coefficient (Wildman–Crippen LogP) is 17.6. The maximum absolute atomic E-state index is 13.5. The second-order valence-corrected chi connectivity index (χ2v) is 23.5. The van der Waals surface area contributed by atoms with Gasteiger partial charge in [0.2, 0.25) is 5.91 Å². The summed E-state index contributed by atoms with van der Waals surface area (Å²) in [5.74, 6) is -1.22. The van der Waals surface area contributed by atoms with Crippen molar-refractivity contribution in [1.82, 2.24) is 5.32 Å². The lowest BCUT2D eigenvalue weighted by molar-refractivity contribution is -0.305. The van der Waals surface area contributed by atoms with E-state index in [0.717, 1.165) is 116 Å². The molecule has 1 aliphatic heterocycles. The van der Waals surface area contributed by atoms with E-state index in [1.54, 1.807) is 6.08 Å². The second kappa shape index (κ2) is 60.6. The average Bonchev–Trinajstić information content (AvgIpc) is 2.49. The molecule has 1 saturated heterocycles. The van der Waals surface area contributed by atoms with Gasteiger partial charge >= 0.3 is 5.97 Å². The number of esters is 1. The summed E-state index contributed by atoms with van der Waals surface area (Å²) in [4.78, 5) is 26.7. The number of aliphatic hydroxyl groups is 5. The van der Waals surface area contributed by atoms with Crippen LogP contribution in [-0.2, 0) is 23.8 Å². The number of unbranched alkanes of at least 4 members (excludes halogenated alkanes) is 28. The average molecular weight is 1190 g/mol. The van der Waals surface area contributed by atoms with Crippen molar-refractivity contribution < 1.29 is 49.3 Å². The Hall–Kier alpha value is -3.68. The largest absolute Gasteiger partial charge is 0.454 e. The summed E-state index contributed by atoms with van der Waals surface area (Å²) in [5.41, 5.74) is 0. The van der Waals surface area contributed by atoms with Gasteiger partial charge in [-0.2, -0.15) is 0 Å². The Balaban J connectivity index is 2.65. The fourth-order valence-corrected chi connectivity index (χ4v) is 10.2. The van der Waals surface area contributed by atoms with Gasteiger partial charge in [0, 0.05) is 6.42 Å². The zero-order valence-corrected chi connectivity index (χ0v) is 54.2. The predicted molar refractivity (Wildman–Crippen MR) is 356 cm³/mol. The lowest BCUT2D eigenvalue weighted by Crippen LogP contribution is -2.61. The first-order valence-electron chi connectivity index (χ1n) is 34.7. The Morgan fingerprint density at radius 3 is 1.29 bits per heavy atom. The molecule has 1 heterocycles. The van der Waals surface area contributed by atoms with Crippen molar-refractivity contribution in [2.45, 2.75) is 333 Å². The molecule has 0 aromatic rings. The minimum Gasteiger partial charge on any atom is -0.454 e. The Morgan fingerprint density at radius 2 is 0.847 bits per heavy atom. The number of hydrogen-bond donors (Lipinski definition) is 6. The summed E-state index contributed by atoms with van der Waals surface area (Å²) in [6.07, 6.45) is 72.6. The number of nitrogens with one attached hydrogen (secondary N) is 1. The van der Waals surface area contributed by atoms with Gasteiger partial charge in [-0.05, 0) is 109 Å². The number of allylic oxidation sites excluding steroid dienone is 17. The Kier molecular flexibility index (Phi) is 56.6. The van der Waals surface area contributed by atoms with E-state index in [9.17, 15) is 35.1 Å². The number of carbonyl (C=O) groups excluding carboxylic acids is 2. The number of rotatable bonds is 58. The zero-order valence-electron chi connectivity index (χ0n) is 54.2. The van der Waals surface area contributed by atoms with Gasteiger partial charge in [-0.1, -0.05) is 278 Å². The Bertz CT molecular complexity index is 1800. The highest BCUT2D eigenvalue weighted by atomic mass is 16.7. The molecule has 1 fully saturated rings. The van der Waals surface area contributed by atoms with Crippen LogP contribution in [0, 0.1) is 0 Å². The molecular formula is C74H127NO10. The third-order valence-corrected chi connectivity index (χ3v) is 15.7. The lowest BCUT2D eigenvalue weighted by Gasteiger charge is -2.41. The molecule has 11 heteroatoms. The summed E-state index contributed by atoms with van der Waals surface area (Å²) in [6.45, 7) is 5.66. The SMILES string of the molecule is CC/C=C\C/C=C\C/C=C\C/C=C\C/C=C\C/C=C\CCCCCCC(=O)OC1C(OCC(NC(=O)C(O)CCCCCCCCCCCC/C=C\C/C=C\CCCCC)C(O)/C=C/CCCCCCCCCCCCC)OC(CO)C(O)C1O. The first kappa shape index (κ1) is 79.3. The van der Waals surface area contributed by atoms with E-state index in [1.807, 2.05) is 6.08 Å². The second-order valence-electron chi connectivity index (χ2n) is 23.5. The van der Waals surface area contributed by atoms with Crippen molar-refractivity contribution in [1.29, 1.82) is 0 Å². The molecule has 1 amide bonds. The van der Waals surface area contributed by atoms with Crippen LogP contribution in [0.1, 0.15) is 284 Å². The molecule has 11 nitrogen and oxygen atoms in total. The van der Waals surface area contributed by atoms with E-state index in [1.165, 1.54) is 122 Å². The molecule has 488 valence electrons. The fraction of sp³-hybridized carbons (Fsp3) is 0.730. The first-order valence-corrected chi connectivity index (χ1v) is 34.7. The highest BCUT2D eigenvalue weighted by Crippen LogP contribution is 2.26. The quantitative estimate of drug-likeness (QED) is 0.0195. The topological polar surface area (TPSA) is 175 Å². The third-order valence-electron chi connectivity index (χ3n) is 15.7. The van der Waals surface area contributed by atoms with Crippen LogP contribution in [0.4, 0.5) is 0 Å². The van der Waals surface area contributed by atoms with Crippen LogP contribution in [0.2, 0.25) is 0 Å². The fourth-order valence-electron chi connectivity index (χ4n) is 10.2. The van der Waals surface area contributed by atoms with E-state index in [2.05, 4.69) is 123 Å². The summed E-state index contributed by atoms with van der Waals surface area (Å²) >= 11 is 0. The summed E-state index contributed by atoms with van der Waals surface area (Å²) < 4.78 is 17.7. The van der Waals surface area contributed by atoms with Crippen molar-refractivity contribution in [2.75, 3.05) is 13.2 Å². The minimum absolute atomic E-state index is 0.0884. The van der Waals surface area contributed by atoms with Crippen LogP contribution in [-0.4, -0.2) is 99.6 Å². The molecular weight excluding hydrogens is 1060 g/mol. The van der Waals surface area contributed by atoms with Gasteiger partial charge < -0.3 is 45.1 Å². The molecule has 1 aliphatic rings. The maximum atomic E-state index is 13.5. The summed E-state index contributed by atoms with van der Waals surface area (Å²) in [6, 6.07) is -1.04. The lowest BCUT2D eigenvalue weighted by atomic mass is 9.99. The van der Waals surface area contributed by atoms with Crippen molar-refractivity contribution >= 4 is 11.9 Å². The molecule has 0 radical (unpaired) electrons. The van der Waals surface area contributed by atoms with Gasteiger partial charge in [0.15, 0.2) is 12.4 Å². The first-order chi connectivity index (χ1) is 41.7. The molecule has 0 saturated carbocycles. The number of ether oxygens (including phenoxy) is 3. The van der Waals surface area contributed by atoms with Crippen LogP contribution >= 0.6 is 0 Å². The van der Waals surface area contributed by atoms with Gasteiger partial charge in [-0.15, -0.1) is 0 Å². The van der Waals surface area contributed by atoms with Crippen molar-refractivity contribution in [2.24, 2.45) is 0 Å². The summed E-state index contributed by atoms with van der Waals surface area (Å²) in [5, 5.41) is 57.2. The Labute approximate surface area is 519 Å². The van der Waals surface area contributed by atoms with Crippen LogP contribution < -0.4 is 5.32 Å². The van der Waals surface area contributed by atoms with Crippen molar-refractivity contribution in [3.8, 4) is 0 Å². The molecule has 85 heavy (non-hydrogen) atoms. The van der Waals surface area contributed by atoms with E-state index in [4.69, 9.17) is 14.2 Å². The molecule has 1 rings (SSSR count). The number of aliphatic hydroxyl groups excluding tert-OH is 5. The van der Waals surface area contributed by atoms with E-state index < -0.39 is 67.4 Å². The van der Waals surface area contributed by atoms with Crippen LogP contribution in [0.5, 0.6) is 0 Å². The van der Waals surface area contributed by atoms with E-state index >= 15 is 0 Å². The van der Waals surface area contributed by atoms with Crippen LogP contribution in [0.15, 0.2) is 109 Å². The Morgan fingerprint density at radius 1 is 0.471 bits per heavy atom. The van der Waals surface area contributed by atoms with Crippen molar-refractivity contribution in [3.05, 3.63) is 109 Å². The molecule has 8 atom stereocenters. The van der Waals surface area contributed by atoms with Gasteiger partial charge in [-0.25, -0.2) is 0 Å². The monoisotopic (exact) mass is 1190 g/mol. The number of hydrogen-bond acceptors (Lipinski definition) is 10. The zero-order chi connectivity index (χ0) is 61.7. The molecule has 0 bridgehead atoms. The molecule has 0 aromatic carbocycles. The van der Waals surface area contributed by atoms with Crippen molar-refractivity contribution in [3.63, 3.8) is 0 Å². The molecule has 6 N–H and O–H groups in total. The van der Waals surface area contributed by atoms with Gasteiger partial charge in [0.1, 0.15) is 24.4 Å². The molecule has 0 aromatic heterocycles. The molecule has 0 spiro atoms. The highest BCUT2D eigenvalue weighted by Gasteiger charge is 2.47. The smallest absolute Gasteiger partial charge is 0.306 e. The normalized spacial score (nSPS) is 19.1. The third kappa shape index (κ3) is 48.0. The maximum Gasteiger partial charge on any atom is 0.306 e. The van der Waals surface area contributed by atoms with Gasteiger partial charge in [0.05, 0.1) is 25.4 Å². The number of carbonyl (C=O) groups is 2. The number of amides is 1. The van der Waals surface area contributed by atoms with E-state index in [-0.39, 0.29) is 19.4 Å². The molecule has 8 unspecified atom stereocenters. The minimum atomic E-state index is -1.63. The molecule has 0 aliphatic carbocycles. The van der Waals surface area contributed by atoms with Crippen LogP contribution in [0.3, 0.4) is 0 Å². The van der Waals surface area contributed by atoms with Gasteiger partial charge in [-0.3, -0.25) is 9.59 Å². The summed E-state index contributed by atoms with van der Waals surface area (Å²) in [7, 11) is 0. The van der Waals surface area contributed by atoms with E-state index in [0.29, 0.717) is 12.8 Å². The van der Waals surface area contributed by atoms with Gasteiger partial charge in [0.25, 0.3) is 0 Å².